The Balaban J connectivity index is 3.61. The van der Waals surface area contributed by atoms with E-state index < -0.39 is 0 Å². The van der Waals surface area contributed by atoms with Crippen LogP contribution in [0.4, 0.5) is 0 Å². The van der Waals surface area contributed by atoms with Gasteiger partial charge in [0.2, 0.25) is 5.91 Å². The van der Waals surface area contributed by atoms with E-state index in [9.17, 15) is 4.79 Å². The van der Waals surface area contributed by atoms with E-state index in [4.69, 9.17) is 0 Å². The standard InChI is InChI=1S/C8H17NO/c1-5-8(10)9(4)6-7(2)3/h7H,5-6H2,1-4H3. The lowest BCUT2D eigenvalue weighted by molar-refractivity contribution is -0.129. The zero-order valence-electron chi connectivity index (χ0n) is 7.35. The van der Waals surface area contributed by atoms with Gasteiger partial charge in [-0.15, -0.1) is 0 Å². The van der Waals surface area contributed by atoms with Gasteiger partial charge in [-0.05, 0) is 5.92 Å². The van der Waals surface area contributed by atoms with Gasteiger partial charge in [-0.25, -0.2) is 0 Å². The van der Waals surface area contributed by atoms with Crippen molar-refractivity contribution >= 4 is 5.91 Å². The maximum atomic E-state index is 11.0. The highest BCUT2D eigenvalue weighted by Crippen LogP contribution is 1.97. The zero-order valence-corrected chi connectivity index (χ0v) is 7.35. The minimum absolute atomic E-state index is 0.230. The summed E-state index contributed by atoms with van der Waals surface area (Å²) in [4.78, 5) is 12.8. The Morgan fingerprint density at radius 1 is 1.50 bits per heavy atom. The number of carbonyl (C=O) groups excluding carboxylic acids is 1. The van der Waals surface area contributed by atoms with Crippen molar-refractivity contribution in [3.05, 3.63) is 0 Å². The van der Waals surface area contributed by atoms with E-state index in [2.05, 4.69) is 13.8 Å². The van der Waals surface area contributed by atoms with Crippen LogP contribution in [-0.2, 0) is 4.79 Å². The van der Waals surface area contributed by atoms with Crippen LogP contribution >= 0.6 is 0 Å². The Kier molecular flexibility index (Phi) is 4.08. The summed E-state index contributed by atoms with van der Waals surface area (Å²) in [6, 6.07) is 0. The van der Waals surface area contributed by atoms with Crippen LogP contribution < -0.4 is 0 Å². The number of rotatable bonds is 3. The maximum Gasteiger partial charge on any atom is 0.222 e. The Morgan fingerprint density at radius 3 is 2.30 bits per heavy atom. The second kappa shape index (κ2) is 4.31. The summed E-state index contributed by atoms with van der Waals surface area (Å²) in [6.45, 7) is 6.98. The second-order valence-corrected chi connectivity index (χ2v) is 3.02. The lowest BCUT2D eigenvalue weighted by atomic mass is 10.2. The molecule has 0 radical (unpaired) electrons. The lowest BCUT2D eigenvalue weighted by Gasteiger charge is -2.18. The average Bonchev–Trinajstić information content (AvgIpc) is 1.85. The lowest BCUT2D eigenvalue weighted by Crippen LogP contribution is -2.29. The van der Waals surface area contributed by atoms with E-state index in [1.54, 1.807) is 4.90 Å². The summed E-state index contributed by atoms with van der Waals surface area (Å²) < 4.78 is 0. The molecule has 0 aliphatic rings. The molecule has 0 fully saturated rings. The molecule has 0 rings (SSSR count). The first-order chi connectivity index (χ1) is 4.57. The predicted molar refractivity (Wildman–Crippen MR) is 42.8 cm³/mol. The molecule has 0 heterocycles. The number of hydrogen-bond acceptors (Lipinski definition) is 1. The molecule has 0 N–H and O–H groups in total. The van der Waals surface area contributed by atoms with E-state index in [1.165, 1.54) is 0 Å². The Hall–Kier alpha value is -0.530. The van der Waals surface area contributed by atoms with Gasteiger partial charge in [-0.3, -0.25) is 4.79 Å². The highest BCUT2D eigenvalue weighted by Gasteiger charge is 2.06. The van der Waals surface area contributed by atoms with Gasteiger partial charge >= 0.3 is 0 Å². The van der Waals surface area contributed by atoms with Crippen LogP contribution in [0.15, 0.2) is 0 Å². The molecule has 0 aliphatic carbocycles. The molecule has 0 aromatic carbocycles. The Bertz CT molecular complexity index is 110. The molecular weight excluding hydrogens is 126 g/mol. The van der Waals surface area contributed by atoms with Crippen LogP contribution in [0.1, 0.15) is 27.2 Å². The highest BCUT2D eigenvalue weighted by molar-refractivity contribution is 5.75. The van der Waals surface area contributed by atoms with E-state index in [-0.39, 0.29) is 5.91 Å². The van der Waals surface area contributed by atoms with E-state index in [1.807, 2.05) is 14.0 Å². The van der Waals surface area contributed by atoms with Crippen molar-refractivity contribution in [1.82, 2.24) is 4.90 Å². The zero-order chi connectivity index (χ0) is 8.15. The number of hydrogen-bond donors (Lipinski definition) is 0. The highest BCUT2D eigenvalue weighted by atomic mass is 16.2. The topological polar surface area (TPSA) is 20.3 Å². The summed E-state index contributed by atoms with van der Waals surface area (Å²) in [6.07, 6.45) is 0.614. The first kappa shape index (κ1) is 9.47. The fourth-order valence-electron chi connectivity index (χ4n) is 0.919. The van der Waals surface area contributed by atoms with Crippen molar-refractivity contribution in [2.45, 2.75) is 27.2 Å². The van der Waals surface area contributed by atoms with E-state index in [0.717, 1.165) is 6.54 Å². The second-order valence-electron chi connectivity index (χ2n) is 3.02. The van der Waals surface area contributed by atoms with Crippen molar-refractivity contribution < 1.29 is 4.79 Å². The summed E-state index contributed by atoms with van der Waals surface area (Å²) in [5.74, 6) is 0.800. The molecule has 0 saturated carbocycles. The smallest absolute Gasteiger partial charge is 0.222 e. The Labute approximate surface area is 63.2 Å². The average molecular weight is 143 g/mol. The monoisotopic (exact) mass is 143 g/mol. The van der Waals surface area contributed by atoms with Gasteiger partial charge in [0.25, 0.3) is 0 Å². The van der Waals surface area contributed by atoms with Crippen molar-refractivity contribution in [1.29, 1.82) is 0 Å². The molecule has 2 nitrogen and oxygen atoms in total. The van der Waals surface area contributed by atoms with Crippen LogP contribution in [0.2, 0.25) is 0 Å². The van der Waals surface area contributed by atoms with Crippen molar-refractivity contribution in [2.24, 2.45) is 5.92 Å². The SMILES string of the molecule is CCC(=O)N(C)CC(C)C. The van der Waals surface area contributed by atoms with Crippen LogP contribution in [0, 0.1) is 5.92 Å². The molecule has 0 atom stereocenters. The molecule has 1 amide bonds. The molecular formula is C8H17NO. The normalized spacial score (nSPS) is 10.1. The molecule has 0 spiro atoms. The molecule has 0 aliphatic heterocycles. The Morgan fingerprint density at radius 2 is 2.00 bits per heavy atom. The number of nitrogens with zero attached hydrogens (tertiary/aromatic N) is 1. The van der Waals surface area contributed by atoms with E-state index >= 15 is 0 Å². The third-order valence-corrected chi connectivity index (χ3v) is 1.37. The maximum absolute atomic E-state index is 11.0. The van der Waals surface area contributed by atoms with Gasteiger partial charge in [-0.1, -0.05) is 20.8 Å². The summed E-state index contributed by atoms with van der Waals surface area (Å²) in [5, 5.41) is 0. The number of carbonyl (C=O) groups is 1. The fraction of sp³-hybridized carbons (Fsp3) is 0.875. The quantitative estimate of drug-likeness (QED) is 0.586. The molecule has 0 bridgehead atoms. The largest absolute Gasteiger partial charge is 0.346 e. The third kappa shape index (κ3) is 3.49. The van der Waals surface area contributed by atoms with Gasteiger partial charge < -0.3 is 4.90 Å². The molecule has 10 heavy (non-hydrogen) atoms. The molecule has 0 aromatic heterocycles. The fourth-order valence-corrected chi connectivity index (χ4v) is 0.919. The van der Waals surface area contributed by atoms with Crippen molar-refractivity contribution in [2.75, 3.05) is 13.6 Å². The molecule has 0 unspecified atom stereocenters. The van der Waals surface area contributed by atoms with Gasteiger partial charge in [0.1, 0.15) is 0 Å². The van der Waals surface area contributed by atoms with Crippen LogP contribution in [-0.4, -0.2) is 24.4 Å². The predicted octanol–water partition coefficient (Wildman–Crippen LogP) is 1.51. The van der Waals surface area contributed by atoms with Crippen LogP contribution in [0.5, 0.6) is 0 Å². The van der Waals surface area contributed by atoms with Crippen LogP contribution in [0.3, 0.4) is 0 Å². The molecule has 60 valence electrons. The first-order valence-corrected chi connectivity index (χ1v) is 3.81. The minimum Gasteiger partial charge on any atom is -0.346 e. The summed E-state index contributed by atoms with van der Waals surface area (Å²) >= 11 is 0. The van der Waals surface area contributed by atoms with Crippen molar-refractivity contribution in [3.8, 4) is 0 Å². The molecule has 0 aromatic rings. The first-order valence-electron chi connectivity index (χ1n) is 3.81. The van der Waals surface area contributed by atoms with E-state index in [0.29, 0.717) is 12.3 Å². The summed E-state index contributed by atoms with van der Waals surface area (Å²) in [7, 11) is 1.85. The van der Waals surface area contributed by atoms with Crippen LogP contribution in [0.25, 0.3) is 0 Å². The van der Waals surface area contributed by atoms with Gasteiger partial charge in [0.15, 0.2) is 0 Å². The van der Waals surface area contributed by atoms with Crippen molar-refractivity contribution in [3.63, 3.8) is 0 Å². The van der Waals surface area contributed by atoms with Gasteiger partial charge in [0, 0.05) is 20.0 Å². The number of amides is 1. The van der Waals surface area contributed by atoms with Gasteiger partial charge in [0.05, 0.1) is 0 Å². The van der Waals surface area contributed by atoms with Gasteiger partial charge in [-0.2, -0.15) is 0 Å². The molecule has 2 heteroatoms. The summed E-state index contributed by atoms with van der Waals surface area (Å²) in [5.41, 5.74) is 0. The minimum atomic E-state index is 0.230. The molecule has 0 saturated heterocycles. The third-order valence-electron chi connectivity index (χ3n) is 1.37.